The number of aromatic nitrogens is 2. The molecule has 0 saturated heterocycles. The Bertz CT molecular complexity index is 2410. The molecule has 2 aromatic heterocycles. The van der Waals surface area contributed by atoms with Crippen LogP contribution >= 0.6 is 11.3 Å². The molecule has 2 heterocycles. The number of ketones is 1. The van der Waals surface area contributed by atoms with Crippen molar-refractivity contribution < 1.29 is 30.0 Å². The van der Waals surface area contributed by atoms with E-state index in [1.54, 1.807) is 17.7 Å². The van der Waals surface area contributed by atoms with Crippen LogP contribution in [0, 0.1) is 30.7 Å². The van der Waals surface area contributed by atoms with E-state index >= 15 is 0 Å². The van der Waals surface area contributed by atoms with Crippen LogP contribution in [0.3, 0.4) is 0 Å². The maximum absolute atomic E-state index is 12.2. The average molecular weight is 993 g/mol. The van der Waals surface area contributed by atoms with Crippen molar-refractivity contribution in [2.75, 3.05) is 0 Å². The number of nitrogens with zero attached hydrogens (tertiary/aromatic N) is 2. The number of fused-ring (bicyclic) bond motifs is 4. The van der Waals surface area contributed by atoms with Crippen LogP contribution in [0.2, 0.25) is 39.3 Å². The fraction of sp³-hybridized carbons (Fsp3) is 0.408. The second-order valence-electron chi connectivity index (χ2n) is 18.3. The minimum atomic E-state index is -1.59. The Hall–Kier alpha value is -3.27. The molecule has 1 radical (unpaired) electrons. The summed E-state index contributed by atoms with van der Waals surface area (Å²) in [5.41, 5.74) is 7.83. The number of aliphatic hydroxyl groups is 1. The van der Waals surface area contributed by atoms with Gasteiger partial charge in [0.1, 0.15) is 12.1 Å². The first-order valence-electron chi connectivity index (χ1n) is 20.4. The monoisotopic (exact) mass is 992 g/mol. The summed E-state index contributed by atoms with van der Waals surface area (Å²) in [6.07, 6.45) is 6.47. The van der Waals surface area contributed by atoms with Crippen LogP contribution in [-0.4, -0.2) is 37.0 Å². The standard InChI is InChI=1S/C34H35N2SSi2.C15H28O2.Ir/c1-21-15-26(38(3,4)5)16-22(2)31(21)24-13-14-28-29(18-24)37-34-32(35-20-36-33(28)34)25-17-23-11-9-10-12-27(23)30(19-25)39(6,7)8;1-7-14(5,8-2)12(16)11-13(17)15(6,9-3)10-4;/h9-16,18-20H,1-8H3;11,16H,7-10H2,1-6H3;/q-1;;/b;12-11-;. The first-order valence-corrected chi connectivity index (χ1v) is 28.2. The van der Waals surface area contributed by atoms with Gasteiger partial charge < -0.3 is 5.11 Å². The van der Waals surface area contributed by atoms with Crippen LogP contribution in [0.4, 0.5) is 0 Å². The summed E-state index contributed by atoms with van der Waals surface area (Å²) in [5, 5.41) is 16.8. The quantitative estimate of drug-likeness (QED) is 0.0608. The Morgan fingerprint density at radius 1 is 0.789 bits per heavy atom. The van der Waals surface area contributed by atoms with Gasteiger partial charge in [-0.25, -0.2) is 4.98 Å². The molecular formula is C49H63IrN2O2SSi2-. The fourth-order valence-electron chi connectivity index (χ4n) is 7.44. The predicted molar refractivity (Wildman–Crippen MR) is 251 cm³/mol. The van der Waals surface area contributed by atoms with Gasteiger partial charge in [-0.05, 0) is 67.9 Å². The molecule has 0 atom stereocenters. The summed E-state index contributed by atoms with van der Waals surface area (Å²) in [6.45, 7) is 31.1. The number of thiophene rings is 1. The molecule has 0 aliphatic rings. The number of allylic oxidation sites excluding steroid dienone is 2. The summed E-state index contributed by atoms with van der Waals surface area (Å²) in [4.78, 5) is 21.8. The molecule has 0 saturated carbocycles. The molecule has 4 nitrogen and oxygen atoms in total. The summed E-state index contributed by atoms with van der Waals surface area (Å²) in [6, 6.07) is 26.4. The van der Waals surface area contributed by atoms with Gasteiger partial charge in [-0.1, -0.05) is 139 Å². The van der Waals surface area contributed by atoms with E-state index in [2.05, 4.69) is 120 Å². The second kappa shape index (κ2) is 17.9. The molecule has 0 fully saturated rings. The topological polar surface area (TPSA) is 63.1 Å². The van der Waals surface area contributed by atoms with Crippen molar-refractivity contribution in [3.05, 3.63) is 96.0 Å². The molecule has 0 spiro atoms. The molecule has 0 aliphatic heterocycles. The number of hydrogen-bond donors (Lipinski definition) is 1. The number of carbonyl (C=O) groups is 1. The minimum absolute atomic E-state index is 0. The number of benzene rings is 4. The minimum Gasteiger partial charge on any atom is -0.512 e. The van der Waals surface area contributed by atoms with Gasteiger partial charge in [-0.2, -0.15) is 0 Å². The maximum atomic E-state index is 12.2. The van der Waals surface area contributed by atoms with Crippen LogP contribution in [-0.2, 0) is 24.9 Å². The largest absolute Gasteiger partial charge is 0.512 e. The SMILES string of the molecule is CCC(C)(CC)C(=O)/C=C(\O)C(C)(CC)CC.Cc1cc([Si](C)(C)C)cc(C)c1-c1ccc2c(c1)sc1c(-c3[c-]c4ccccc4c([Si](C)(C)C)c3)ncnc12.[Ir]. The molecular weight excluding hydrogens is 929 g/mol. The fourth-order valence-corrected chi connectivity index (χ4v) is 11.5. The Morgan fingerprint density at radius 2 is 1.39 bits per heavy atom. The first kappa shape index (κ1) is 46.4. The number of carbonyl (C=O) groups excluding carboxylic acids is 1. The summed E-state index contributed by atoms with van der Waals surface area (Å²) >= 11 is 1.80. The van der Waals surface area contributed by atoms with Crippen molar-refractivity contribution in [3.63, 3.8) is 0 Å². The summed E-state index contributed by atoms with van der Waals surface area (Å²) in [7, 11) is -2.96. The van der Waals surface area contributed by atoms with Gasteiger partial charge in [0.05, 0.1) is 21.7 Å². The van der Waals surface area contributed by atoms with E-state index in [4.69, 9.17) is 9.97 Å². The van der Waals surface area contributed by atoms with E-state index in [-0.39, 0.29) is 42.5 Å². The second-order valence-corrected chi connectivity index (χ2v) is 29.4. The van der Waals surface area contributed by atoms with Crippen LogP contribution in [0.25, 0.3) is 53.5 Å². The molecule has 8 heteroatoms. The molecule has 4 aromatic carbocycles. The predicted octanol–water partition coefficient (Wildman–Crippen LogP) is 13.5. The Morgan fingerprint density at radius 3 is 1.95 bits per heavy atom. The molecule has 6 aromatic rings. The van der Waals surface area contributed by atoms with Crippen LogP contribution < -0.4 is 10.4 Å². The first-order chi connectivity index (χ1) is 26.2. The van der Waals surface area contributed by atoms with Crippen LogP contribution in [0.15, 0.2) is 78.8 Å². The molecule has 0 unspecified atom stereocenters. The molecule has 305 valence electrons. The van der Waals surface area contributed by atoms with E-state index in [1.165, 1.54) is 54.2 Å². The van der Waals surface area contributed by atoms with Gasteiger partial charge in [-0.3, -0.25) is 9.78 Å². The average Bonchev–Trinajstić information content (AvgIpc) is 3.54. The maximum Gasteiger partial charge on any atom is 0.164 e. The molecule has 1 N–H and O–H groups in total. The van der Waals surface area contributed by atoms with Gasteiger partial charge in [0.2, 0.25) is 0 Å². The third-order valence-corrected chi connectivity index (χ3v) is 17.6. The van der Waals surface area contributed by atoms with Crippen molar-refractivity contribution in [1.29, 1.82) is 0 Å². The van der Waals surface area contributed by atoms with Gasteiger partial charge >= 0.3 is 0 Å². The summed E-state index contributed by atoms with van der Waals surface area (Å²) < 4.78 is 2.39. The van der Waals surface area contributed by atoms with Crippen molar-refractivity contribution in [1.82, 2.24) is 9.97 Å². The van der Waals surface area contributed by atoms with E-state index in [0.29, 0.717) is 0 Å². The van der Waals surface area contributed by atoms with Crippen molar-refractivity contribution in [3.8, 4) is 22.4 Å². The third kappa shape index (κ3) is 9.63. The van der Waals surface area contributed by atoms with Gasteiger partial charge in [0.25, 0.3) is 0 Å². The van der Waals surface area contributed by atoms with Crippen LogP contribution in [0.5, 0.6) is 0 Å². The van der Waals surface area contributed by atoms with Crippen molar-refractivity contribution in [2.45, 2.75) is 120 Å². The molecule has 57 heavy (non-hydrogen) atoms. The van der Waals surface area contributed by atoms with Crippen molar-refractivity contribution in [2.24, 2.45) is 10.8 Å². The molecule has 0 amide bonds. The van der Waals surface area contributed by atoms with Crippen LogP contribution in [0.1, 0.15) is 78.4 Å². The summed E-state index contributed by atoms with van der Waals surface area (Å²) in [5.74, 6) is 0.286. The van der Waals surface area contributed by atoms with Gasteiger partial charge in [-0.15, -0.1) is 40.1 Å². The van der Waals surface area contributed by atoms with E-state index in [9.17, 15) is 9.90 Å². The number of aliphatic hydroxyl groups excluding tert-OH is 1. The number of aryl methyl sites for hydroxylation is 2. The number of hydrogen-bond acceptors (Lipinski definition) is 5. The normalized spacial score (nSPS) is 12.8. The molecule has 0 bridgehead atoms. The van der Waals surface area contributed by atoms with E-state index in [1.807, 2.05) is 41.5 Å². The zero-order valence-electron chi connectivity index (χ0n) is 36.7. The van der Waals surface area contributed by atoms with E-state index < -0.39 is 16.1 Å². The molecule has 6 rings (SSSR count). The third-order valence-electron chi connectivity index (χ3n) is 12.4. The number of rotatable bonds is 11. The zero-order valence-corrected chi connectivity index (χ0v) is 42.0. The Labute approximate surface area is 362 Å². The molecule has 0 aliphatic carbocycles. The smallest absolute Gasteiger partial charge is 0.164 e. The Balaban J connectivity index is 0.000000341. The van der Waals surface area contributed by atoms with Gasteiger partial charge in [0.15, 0.2) is 5.78 Å². The zero-order chi connectivity index (χ0) is 41.4. The van der Waals surface area contributed by atoms with Gasteiger partial charge in [0, 0.05) is 57.5 Å². The Kier molecular flexibility index (Phi) is 14.6. The van der Waals surface area contributed by atoms with Crippen molar-refractivity contribution >= 4 is 74.7 Å². The van der Waals surface area contributed by atoms with E-state index in [0.717, 1.165) is 52.5 Å².